The zero-order valence-electron chi connectivity index (χ0n) is 41.6. The Kier molecular flexibility index (Phi) is 16.9. The van der Waals surface area contributed by atoms with Gasteiger partial charge in [0.05, 0.1) is 38.6 Å². The lowest BCUT2D eigenvalue weighted by Crippen LogP contribution is -2.31. The van der Waals surface area contributed by atoms with Crippen molar-refractivity contribution in [1.82, 2.24) is 58.1 Å². The van der Waals surface area contributed by atoms with Crippen LogP contribution in [-0.4, -0.2) is 158 Å². The normalized spacial score (nSPS) is 29.1. The molecule has 4 aliphatic heterocycles. The fraction of sp³-hybridized carbons (Fsp3) is 0.526. The summed E-state index contributed by atoms with van der Waals surface area (Å²) in [6, 6.07) is 2.49. The highest BCUT2D eigenvalue weighted by molar-refractivity contribution is 7.48. The van der Waals surface area contributed by atoms with Crippen molar-refractivity contribution in [3.63, 3.8) is 0 Å². The van der Waals surface area contributed by atoms with E-state index in [0.717, 1.165) is 15.5 Å². The number of aromatic amines is 2. The van der Waals surface area contributed by atoms with Crippen molar-refractivity contribution in [2.45, 2.75) is 99.4 Å². The van der Waals surface area contributed by atoms with Crippen molar-refractivity contribution in [1.29, 1.82) is 0 Å². The van der Waals surface area contributed by atoms with Gasteiger partial charge in [0.25, 0.3) is 11.1 Å². The standard InChI is InChI=1S/C38H48N16O24P4/c39-23-1-3-51(37(58)45-23)26-6-16(20(73-26)9-68-79(60)61)76-81(64,65)70-11-21-17(7-27(74-21)52-4-2-24(40)46-38(52)59)77-82(66,67)71-12-22-18(8-28(75-22)54-14-44-30-32(54)48-36(42)50-34(30)57)78-80(62,63)69-10-19-15(55)5-25(72-19)53-13-43-29-31(53)47-35(41)49-33(29)56/h1-4,13-22,25-28,55H,5-12H2,(H13-,39,40,41,42,45,46,47,48,49,50,56,57,58,59,60,61,62,63,64,65,66,67)/p+1/t15-,16-,17-,18-,19+,20+,21+,22+,25+,26+,27+,28+/m0/s1. The average Bonchev–Trinajstić information content (AvgIpc) is 4.39. The second kappa shape index (κ2) is 23.5. The third-order valence-corrected chi connectivity index (χ3v) is 16.4. The van der Waals surface area contributed by atoms with Crippen LogP contribution in [0.2, 0.25) is 0 Å². The maximum Gasteiger partial charge on any atom is 0.694 e. The fourth-order valence-electron chi connectivity index (χ4n) is 9.27. The molecule has 44 heteroatoms. The Hall–Kier alpha value is -6.19. The summed E-state index contributed by atoms with van der Waals surface area (Å²) in [5, 5.41) is 10.9. The van der Waals surface area contributed by atoms with Crippen LogP contribution in [0, 0.1) is 0 Å². The van der Waals surface area contributed by atoms with E-state index in [2.05, 4.69) is 39.9 Å². The van der Waals surface area contributed by atoms with Crippen LogP contribution in [0.5, 0.6) is 0 Å². The topological polar surface area (TPSA) is 572 Å². The predicted octanol–water partition coefficient (Wildman–Crippen LogP) is -2.22. The largest absolute Gasteiger partial charge is 0.694 e. The third kappa shape index (κ3) is 13.3. The van der Waals surface area contributed by atoms with Crippen molar-refractivity contribution >= 4 is 77.6 Å². The first-order chi connectivity index (χ1) is 38.8. The van der Waals surface area contributed by atoms with Crippen LogP contribution in [0.3, 0.4) is 0 Å². The Bertz CT molecular complexity index is 3790. The van der Waals surface area contributed by atoms with Gasteiger partial charge >= 0.3 is 43.1 Å². The number of phosphoric acid groups is 3. The molecule has 0 bridgehead atoms. The molecule has 0 aliphatic carbocycles. The van der Waals surface area contributed by atoms with Gasteiger partial charge < -0.3 is 61.7 Å². The SMILES string of the molecule is Nc1ccn([C@H]2C[C@H](OP(=O)(O)OC[C@H]3O[C@@H](n4ccc(N)nc4=O)C[C@@H]3OP(=O)(O)OC[C@H]3O[C@@H](n4cnc5c(=O)[nH]c(N)nc54)C[C@@H]3OP(=O)(O)OC[C@H]3O[C@@H](n4cnc5c(=O)[nH]c(N)nc54)C[C@@H]3O)[C@@H](CO[P+](=O)O)O2)c(=O)n1. The molecule has 0 saturated carbocycles. The van der Waals surface area contributed by atoms with E-state index in [1.54, 1.807) is 0 Å². The van der Waals surface area contributed by atoms with Crippen LogP contribution < -0.4 is 45.4 Å². The minimum absolute atomic E-state index is 0.0256. The van der Waals surface area contributed by atoms with Crippen molar-refractivity contribution in [2.24, 2.45) is 0 Å². The van der Waals surface area contributed by atoms with Gasteiger partial charge in [-0.1, -0.05) is 0 Å². The number of anilines is 4. The van der Waals surface area contributed by atoms with Gasteiger partial charge in [-0.3, -0.25) is 65.0 Å². The predicted molar refractivity (Wildman–Crippen MR) is 269 cm³/mol. The molecule has 4 unspecified atom stereocenters. The molecule has 0 amide bonds. The van der Waals surface area contributed by atoms with Crippen LogP contribution in [0.15, 0.2) is 56.4 Å². The third-order valence-electron chi connectivity index (χ3n) is 13.0. The summed E-state index contributed by atoms with van der Waals surface area (Å²) in [4.78, 5) is 121. The maximum atomic E-state index is 14.0. The molecular weight excluding hydrogens is 1190 g/mol. The highest BCUT2D eigenvalue weighted by Crippen LogP contribution is 2.54. The summed E-state index contributed by atoms with van der Waals surface area (Å²) < 4.78 is 118. The van der Waals surface area contributed by atoms with Gasteiger partial charge in [0.1, 0.15) is 85.9 Å². The molecular formula is C38H49N16O24P4+. The highest BCUT2D eigenvalue weighted by Gasteiger charge is 2.49. The summed E-state index contributed by atoms with van der Waals surface area (Å²) >= 11 is 0. The smallest absolute Gasteiger partial charge is 0.390 e. The Balaban J connectivity index is 0.834. The molecule has 10 heterocycles. The number of nitrogen functional groups attached to an aromatic ring is 4. The number of nitrogens with two attached hydrogens (primary N) is 4. The van der Waals surface area contributed by atoms with Gasteiger partial charge in [0, 0.05) is 42.6 Å². The highest BCUT2D eigenvalue weighted by atomic mass is 31.2. The number of ether oxygens (including phenoxy) is 4. The van der Waals surface area contributed by atoms with E-state index in [9.17, 15) is 62.1 Å². The van der Waals surface area contributed by atoms with Crippen LogP contribution in [0.1, 0.15) is 50.6 Å². The number of hydrogen-bond acceptors (Lipinski definition) is 30. The van der Waals surface area contributed by atoms with Crippen molar-refractivity contribution < 1.29 is 93.6 Å². The zero-order valence-corrected chi connectivity index (χ0v) is 45.2. The molecule has 6 aromatic heterocycles. The minimum Gasteiger partial charge on any atom is -0.390 e. The van der Waals surface area contributed by atoms with E-state index in [4.69, 9.17) is 73.5 Å². The van der Waals surface area contributed by atoms with Crippen LogP contribution in [-0.2, 0) is 68.9 Å². The Labute approximate surface area is 455 Å². The second-order valence-corrected chi connectivity index (χ2v) is 23.4. The molecule has 16 atom stereocenters. The Morgan fingerprint density at radius 1 is 0.573 bits per heavy atom. The molecule has 444 valence electrons. The molecule has 0 radical (unpaired) electrons. The number of nitrogens with one attached hydrogen (secondary N) is 2. The van der Waals surface area contributed by atoms with Crippen molar-refractivity contribution in [2.75, 3.05) is 49.4 Å². The quantitative estimate of drug-likeness (QED) is 0.0321. The Morgan fingerprint density at radius 2 is 0.939 bits per heavy atom. The summed E-state index contributed by atoms with van der Waals surface area (Å²) in [5.41, 5.74) is 19.2. The van der Waals surface area contributed by atoms with Gasteiger partial charge in [-0.2, -0.15) is 19.9 Å². The Morgan fingerprint density at radius 3 is 1.34 bits per heavy atom. The fourth-order valence-corrected chi connectivity index (χ4v) is 12.4. The van der Waals surface area contributed by atoms with E-state index >= 15 is 0 Å². The number of phosphoric ester groups is 3. The average molecular weight is 1240 g/mol. The number of hydrogen-bond donors (Lipinski definition) is 11. The van der Waals surface area contributed by atoms with Crippen LogP contribution >= 0.6 is 31.7 Å². The summed E-state index contributed by atoms with van der Waals surface area (Å²) in [5.74, 6) is -0.845. The molecule has 15 N–H and O–H groups in total. The first-order valence-electron chi connectivity index (χ1n) is 24.0. The lowest BCUT2D eigenvalue weighted by atomic mass is 10.2. The van der Waals surface area contributed by atoms with Gasteiger partial charge in [-0.05, 0) is 12.1 Å². The van der Waals surface area contributed by atoms with Crippen LogP contribution in [0.25, 0.3) is 22.3 Å². The number of aromatic nitrogens is 12. The zero-order chi connectivity index (χ0) is 58.6. The van der Waals surface area contributed by atoms with Crippen molar-refractivity contribution in [3.8, 4) is 0 Å². The minimum atomic E-state index is -5.43. The molecule has 0 spiro atoms. The first kappa shape index (κ1) is 59.0. The molecule has 10 rings (SSSR count). The molecule has 82 heavy (non-hydrogen) atoms. The van der Waals surface area contributed by atoms with E-state index in [0.29, 0.717) is 0 Å². The van der Waals surface area contributed by atoms with Gasteiger partial charge in [0.15, 0.2) is 22.3 Å². The number of imidazole rings is 2. The first-order valence-corrected chi connectivity index (χ1v) is 29.6. The second-order valence-electron chi connectivity index (χ2n) is 18.4. The number of nitrogens with zero attached hydrogens (tertiary/aromatic N) is 10. The number of aliphatic hydroxyl groups excluding tert-OH is 1. The number of fused-ring (bicyclic) bond motifs is 2. The van der Waals surface area contributed by atoms with Crippen molar-refractivity contribution in [3.05, 3.63) is 78.9 Å². The molecule has 40 nitrogen and oxygen atoms in total. The van der Waals surface area contributed by atoms with Gasteiger partial charge in [0.2, 0.25) is 11.9 Å². The van der Waals surface area contributed by atoms with Gasteiger partial charge in [-0.25, -0.2) is 33.3 Å². The summed E-state index contributed by atoms with van der Waals surface area (Å²) in [6.07, 6.45) is -13.3. The number of H-pyrrole nitrogens is 2. The monoisotopic (exact) mass is 1240 g/mol. The molecule has 0 aromatic carbocycles. The van der Waals surface area contributed by atoms with E-state index < -0.39 is 167 Å². The maximum absolute atomic E-state index is 14.0. The molecule has 4 saturated heterocycles. The van der Waals surface area contributed by atoms with E-state index in [1.165, 1.54) is 40.0 Å². The van der Waals surface area contributed by atoms with Crippen LogP contribution in [0.4, 0.5) is 23.5 Å². The van der Waals surface area contributed by atoms with E-state index in [1.807, 2.05) is 0 Å². The molecule has 4 fully saturated rings. The van der Waals surface area contributed by atoms with E-state index in [-0.39, 0.29) is 58.7 Å². The lowest BCUT2D eigenvalue weighted by Gasteiger charge is -2.25. The van der Waals surface area contributed by atoms with Gasteiger partial charge in [-0.15, -0.1) is 9.42 Å². The number of aliphatic hydroxyl groups is 1. The number of rotatable bonds is 22. The molecule has 4 aliphatic rings. The lowest BCUT2D eigenvalue weighted by molar-refractivity contribution is -0.0624. The summed E-state index contributed by atoms with van der Waals surface area (Å²) in [7, 11) is -19.2. The summed E-state index contributed by atoms with van der Waals surface area (Å²) in [6.45, 7) is -3.42. The molecule has 6 aromatic rings.